The van der Waals surface area contributed by atoms with Crippen molar-refractivity contribution in [3.63, 3.8) is 0 Å². The Balaban J connectivity index is 1.56. The standard InChI is InChI=1S/C17H25N3O4S/c1-15-3-2-4-16(13-15)25(22,23)20-7-5-19(6-8-20)17(21)14-18-9-11-24-12-10-18/h2-4,13H,5-12,14H2,1H3. The van der Waals surface area contributed by atoms with Crippen LogP contribution < -0.4 is 0 Å². The molecule has 25 heavy (non-hydrogen) atoms. The smallest absolute Gasteiger partial charge is 0.243 e. The Morgan fingerprint density at radius 3 is 2.40 bits per heavy atom. The summed E-state index contributed by atoms with van der Waals surface area (Å²) in [6.45, 7) is 6.68. The predicted octanol–water partition coefficient (Wildman–Crippen LogP) is 0.160. The van der Waals surface area contributed by atoms with Crippen LogP contribution in [0.3, 0.4) is 0 Å². The van der Waals surface area contributed by atoms with Crippen molar-refractivity contribution in [1.29, 1.82) is 0 Å². The maximum atomic E-state index is 12.7. The van der Waals surface area contributed by atoms with Gasteiger partial charge in [-0.3, -0.25) is 9.69 Å². The number of carbonyl (C=O) groups excluding carboxylic acids is 1. The second kappa shape index (κ2) is 7.82. The molecule has 3 rings (SSSR count). The van der Waals surface area contributed by atoms with Gasteiger partial charge in [0.25, 0.3) is 0 Å². The highest BCUT2D eigenvalue weighted by Crippen LogP contribution is 2.18. The highest BCUT2D eigenvalue weighted by Gasteiger charge is 2.30. The van der Waals surface area contributed by atoms with Crippen LogP contribution >= 0.6 is 0 Å². The number of hydrogen-bond acceptors (Lipinski definition) is 5. The Hall–Kier alpha value is -1.48. The Labute approximate surface area is 149 Å². The predicted molar refractivity (Wildman–Crippen MR) is 93.8 cm³/mol. The lowest BCUT2D eigenvalue weighted by molar-refractivity contribution is -0.134. The zero-order chi connectivity index (χ0) is 17.9. The molecule has 2 heterocycles. The zero-order valence-corrected chi connectivity index (χ0v) is 15.4. The Bertz CT molecular complexity index is 708. The van der Waals surface area contributed by atoms with Crippen LogP contribution in [-0.2, 0) is 19.6 Å². The molecule has 1 amide bonds. The average Bonchev–Trinajstić information content (AvgIpc) is 2.62. The van der Waals surface area contributed by atoms with Crippen LogP contribution in [0.5, 0.6) is 0 Å². The van der Waals surface area contributed by atoms with Gasteiger partial charge in [0.2, 0.25) is 15.9 Å². The van der Waals surface area contributed by atoms with Gasteiger partial charge in [0, 0.05) is 39.3 Å². The Morgan fingerprint density at radius 2 is 1.76 bits per heavy atom. The fourth-order valence-electron chi connectivity index (χ4n) is 3.15. The third-order valence-electron chi connectivity index (χ3n) is 4.68. The number of piperazine rings is 1. The van der Waals surface area contributed by atoms with E-state index in [2.05, 4.69) is 4.90 Å². The van der Waals surface area contributed by atoms with Gasteiger partial charge in [0.1, 0.15) is 0 Å². The lowest BCUT2D eigenvalue weighted by Crippen LogP contribution is -2.53. The van der Waals surface area contributed by atoms with E-state index >= 15 is 0 Å². The molecule has 2 aliphatic rings. The van der Waals surface area contributed by atoms with Crippen molar-refractivity contribution in [3.05, 3.63) is 29.8 Å². The minimum Gasteiger partial charge on any atom is -0.379 e. The fourth-order valence-corrected chi connectivity index (χ4v) is 4.68. The number of nitrogens with zero attached hydrogens (tertiary/aromatic N) is 3. The topological polar surface area (TPSA) is 70.2 Å². The molecule has 0 saturated carbocycles. The Morgan fingerprint density at radius 1 is 1.08 bits per heavy atom. The van der Waals surface area contributed by atoms with Crippen LogP contribution in [0.15, 0.2) is 29.2 Å². The molecule has 1 aromatic carbocycles. The van der Waals surface area contributed by atoms with E-state index in [4.69, 9.17) is 4.74 Å². The van der Waals surface area contributed by atoms with E-state index in [0.717, 1.165) is 18.7 Å². The first-order chi connectivity index (χ1) is 12.0. The van der Waals surface area contributed by atoms with Crippen LogP contribution in [0.4, 0.5) is 0 Å². The molecule has 0 bridgehead atoms. The van der Waals surface area contributed by atoms with E-state index in [1.54, 1.807) is 23.1 Å². The monoisotopic (exact) mass is 367 g/mol. The van der Waals surface area contributed by atoms with Gasteiger partial charge in [-0.25, -0.2) is 8.42 Å². The van der Waals surface area contributed by atoms with Gasteiger partial charge in [-0.05, 0) is 24.6 Å². The van der Waals surface area contributed by atoms with E-state index in [9.17, 15) is 13.2 Å². The molecular formula is C17H25N3O4S. The minimum absolute atomic E-state index is 0.0644. The normalized spacial score (nSPS) is 20.6. The van der Waals surface area contributed by atoms with E-state index in [1.165, 1.54) is 4.31 Å². The van der Waals surface area contributed by atoms with E-state index in [1.807, 2.05) is 13.0 Å². The van der Waals surface area contributed by atoms with Gasteiger partial charge in [-0.2, -0.15) is 4.31 Å². The average molecular weight is 367 g/mol. The summed E-state index contributed by atoms with van der Waals surface area (Å²) in [6, 6.07) is 6.94. The molecule has 2 saturated heterocycles. The largest absolute Gasteiger partial charge is 0.379 e. The van der Waals surface area contributed by atoms with E-state index in [-0.39, 0.29) is 5.91 Å². The van der Waals surface area contributed by atoms with Crippen molar-refractivity contribution in [2.45, 2.75) is 11.8 Å². The highest BCUT2D eigenvalue weighted by atomic mass is 32.2. The van der Waals surface area contributed by atoms with Gasteiger partial charge in [0.05, 0.1) is 24.7 Å². The maximum Gasteiger partial charge on any atom is 0.243 e. The van der Waals surface area contributed by atoms with Crippen molar-refractivity contribution < 1.29 is 17.9 Å². The molecule has 0 aromatic heterocycles. The maximum absolute atomic E-state index is 12.7. The molecule has 2 fully saturated rings. The molecule has 1 aromatic rings. The number of ether oxygens (including phenoxy) is 1. The van der Waals surface area contributed by atoms with E-state index in [0.29, 0.717) is 50.8 Å². The van der Waals surface area contributed by atoms with Gasteiger partial charge in [-0.1, -0.05) is 12.1 Å². The molecular weight excluding hydrogens is 342 g/mol. The quantitative estimate of drug-likeness (QED) is 0.758. The molecule has 0 N–H and O–H groups in total. The molecule has 0 aliphatic carbocycles. The van der Waals surface area contributed by atoms with Gasteiger partial charge >= 0.3 is 0 Å². The summed E-state index contributed by atoms with van der Waals surface area (Å²) in [5.74, 6) is 0.0644. The van der Waals surface area contributed by atoms with Crippen LogP contribution in [0.1, 0.15) is 5.56 Å². The number of carbonyl (C=O) groups is 1. The molecule has 0 radical (unpaired) electrons. The summed E-state index contributed by atoms with van der Waals surface area (Å²) >= 11 is 0. The van der Waals surface area contributed by atoms with Crippen LogP contribution in [0.2, 0.25) is 0 Å². The summed E-state index contributed by atoms with van der Waals surface area (Å²) in [6.07, 6.45) is 0. The Kier molecular flexibility index (Phi) is 5.73. The minimum atomic E-state index is -3.49. The summed E-state index contributed by atoms with van der Waals surface area (Å²) in [7, 11) is -3.49. The zero-order valence-electron chi connectivity index (χ0n) is 14.6. The van der Waals surface area contributed by atoms with Crippen molar-refractivity contribution in [3.8, 4) is 0 Å². The number of rotatable bonds is 4. The van der Waals surface area contributed by atoms with Crippen molar-refractivity contribution in [2.24, 2.45) is 0 Å². The van der Waals surface area contributed by atoms with Crippen molar-refractivity contribution in [2.75, 3.05) is 59.0 Å². The number of sulfonamides is 1. The summed E-state index contributed by atoms with van der Waals surface area (Å²) < 4.78 is 32.2. The van der Waals surface area contributed by atoms with Crippen LogP contribution in [0.25, 0.3) is 0 Å². The molecule has 0 atom stereocenters. The van der Waals surface area contributed by atoms with Crippen molar-refractivity contribution in [1.82, 2.24) is 14.1 Å². The third-order valence-corrected chi connectivity index (χ3v) is 6.58. The number of morpholine rings is 1. The number of amides is 1. The summed E-state index contributed by atoms with van der Waals surface area (Å²) in [4.78, 5) is 16.6. The first-order valence-corrected chi connectivity index (χ1v) is 10.1. The fraction of sp³-hybridized carbons (Fsp3) is 0.588. The highest BCUT2D eigenvalue weighted by molar-refractivity contribution is 7.89. The molecule has 7 nitrogen and oxygen atoms in total. The molecule has 2 aliphatic heterocycles. The molecule has 0 unspecified atom stereocenters. The lowest BCUT2D eigenvalue weighted by atomic mass is 10.2. The van der Waals surface area contributed by atoms with Crippen LogP contribution in [-0.4, -0.2) is 87.5 Å². The van der Waals surface area contributed by atoms with Crippen molar-refractivity contribution >= 4 is 15.9 Å². The first-order valence-electron chi connectivity index (χ1n) is 8.61. The third kappa shape index (κ3) is 4.38. The van der Waals surface area contributed by atoms with Gasteiger partial charge in [0.15, 0.2) is 0 Å². The summed E-state index contributed by atoms with van der Waals surface area (Å²) in [5, 5.41) is 0. The number of benzene rings is 1. The second-order valence-corrected chi connectivity index (χ2v) is 8.43. The van der Waals surface area contributed by atoms with Crippen LogP contribution in [0, 0.1) is 6.92 Å². The molecule has 8 heteroatoms. The number of hydrogen-bond donors (Lipinski definition) is 0. The lowest BCUT2D eigenvalue weighted by Gasteiger charge is -2.35. The molecule has 0 spiro atoms. The second-order valence-electron chi connectivity index (χ2n) is 6.49. The SMILES string of the molecule is Cc1cccc(S(=O)(=O)N2CCN(C(=O)CN3CCOCC3)CC2)c1. The summed E-state index contributed by atoms with van der Waals surface area (Å²) in [5.41, 5.74) is 0.917. The van der Waals surface area contributed by atoms with Gasteiger partial charge in [-0.15, -0.1) is 0 Å². The first kappa shape index (κ1) is 18.3. The van der Waals surface area contributed by atoms with Gasteiger partial charge < -0.3 is 9.64 Å². The van der Waals surface area contributed by atoms with E-state index < -0.39 is 10.0 Å². The number of aryl methyl sites for hydroxylation is 1. The molecule has 138 valence electrons.